The number of benzene rings is 1. The molecule has 0 saturated heterocycles. The van der Waals surface area contributed by atoms with Crippen molar-refractivity contribution in [3.05, 3.63) is 34.9 Å². The van der Waals surface area contributed by atoms with E-state index in [2.05, 4.69) is 38.5 Å². The van der Waals surface area contributed by atoms with Gasteiger partial charge in [0.05, 0.1) is 2.83 Å². The summed E-state index contributed by atoms with van der Waals surface area (Å²) in [4.78, 5) is 0. The summed E-state index contributed by atoms with van der Waals surface area (Å²) in [6.45, 7) is 0. The molecule has 0 saturated carbocycles. The Bertz CT molecular complexity index is 207. The van der Waals surface area contributed by atoms with Crippen LogP contribution in [0.1, 0.15) is 8.40 Å². The van der Waals surface area contributed by atoms with E-state index in [-0.39, 0.29) is 0 Å². The molecule has 1 rings (SSSR count). The average Bonchev–Trinajstić information content (AvgIpc) is 1.88. The standard InChI is InChI=1S/C7H5BrClI/c8-7(10)5-1-3-6(9)4-2-5/h1-4,7H. The lowest BCUT2D eigenvalue weighted by atomic mass is 10.2. The minimum absolute atomic E-state index is 0.377. The second kappa shape index (κ2) is 3.93. The SMILES string of the molecule is Clc1ccc(C(Br)I)cc1. The third-order valence-corrected chi connectivity index (χ3v) is 2.62. The highest BCUT2D eigenvalue weighted by atomic mass is 127. The van der Waals surface area contributed by atoms with Crippen LogP contribution in [0.2, 0.25) is 5.02 Å². The molecule has 0 spiro atoms. The minimum atomic E-state index is 0.377. The Morgan fingerprint density at radius 3 is 2.20 bits per heavy atom. The molecule has 0 bridgehead atoms. The van der Waals surface area contributed by atoms with Crippen molar-refractivity contribution in [1.29, 1.82) is 0 Å². The van der Waals surface area contributed by atoms with Crippen LogP contribution in [0.3, 0.4) is 0 Å². The fourth-order valence-electron chi connectivity index (χ4n) is 0.608. The van der Waals surface area contributed by atoms with Gasteiger partial charge < -0.3 is 0 Å². The van der Waals surface area contributed by atoms with Gasteiger partial charge in [0.2, 0.25) is 0 Å². The summed E-state index contributed by atoms with van der Waals surface area (Å²) in [6, 6.07) is 7.80. The lowest BCUT2D eigenvalue weighted by Crippen LogP contribution is -1.77. The molecular weight excluding hydrogens is 326 g/mol. The van der Waals surface area contributed by atoms with E-state index in [0.717, 1.165) is 5.02 Å². The fourth-order valence-corrected chi connectivity index (χ4v) is 1.45. The van der Waals surface area contributed by atoms with Crippen LogP contribution >= 0.6 is 50.1 Å². The molecule has 1 aromatic carbocycles. The summed E-state index contributed by atoms with van der Waals surface area (Å²) >= 11 is 11.4. The van der Waals surface area contributed by atoms with Crippen LogP contribution in [0.25, 0.3) is 0 Å². The highest BCUT2D eigenvalue weighted by molar-refractivity contribution is 14.1. The van der Waals surface area contributed by atoms with E-state index < -0.39 is 0 Å². The van der Waals surface area contributed by atoms with Gasteiger partial charge in [-0.15, -0.1) is 0 Å². The smallest absolute Gasteiger partial charge is 0.0843 e. The highest BCUT2D eigenvalue weighted by Crippen LogP contribution is 2.29. The van der Waals surface area contributed by atoms with Crippen LogP contribution in [0.15, 0.2) is 24.3 Å². The predicted octanol–water partition coefficient (Wildman–Crippen LogP) is 4.17. The van der Waals surface area contributed by atoms with Gasteiger partial charge in [0.1, 0.15) is 0 Å². The van der Waals surface area contributed by atoms with Crippen LogP contribution in [-0.4, -0.2) is 0 Å². The maximum absolute atomic E-state index is 5.70. The van der Waals surface area contributed by atoms with E-state index >= 15 is 0 Å². The summed E-state index contributed by atoms with van der Waals surface area (Å²) in [6.07, 6.45) is 0. The van der Waals surface area contributed by atoms with Crippen molar-refractivity contribution < 1.29 is 0 Å². The number of rotatable bonds is 1. The van der Waals surface area contributed by atoms with Gasteiger partial charge in [-0.25, -0.2) is 0 Å². The van der Waals surface area contributed by atoms with E-state index in [1.807, 2.05) is 24.3 Å². The maximum atomic E-state index is 5.70. The fraction of sp³-hybridized carbons (Fsp3) is 0.143. The molecule has 0 aliphatic heterocycles. The summed E-state index contributed by atoms with van der Waals surface area (Å²) in [5, 5.41) is 0.785. The van der Waals surface area contributed by atoms with Crippen molar-refractivity contribution in [3.63, 3.8) is 0 Å². The normalized spacial score (nSPS) is 13.1. The van der Waals surface area contributed by atoms with Crippen molar-refractivity contribution >= 4 is 50.1 Å². The molecule has 0 amide bonds. The molecule has 0 aliphatic rings. The summed E-state index contributed by atoms with van der Waals surface area (Å²) in [5.41, 5.74) is 1.24. The Hall–Kier alpha value is 0.720. The molecule has 3 heteroatoms. The number of hydrogen-bond donors (Lipinski definition) is 0. The zero-order valence-corrected chi connectivity index (χ0v) is 9.52. The number of hydrogen-bond acceptors (Lipinski definition) is 0. The topological polar surface area (TPSA) is 0 Å². The van der Waals surface area contributed by atoms with Crippen molar-refractivity contribution in [1.82, 2.24) is 0 Å². The molecule has 0 aromatic heterocycles. The molecule has 10 heavy (non-hydrogen) atoms. The van der Waals surface area contributed by atoms with Gasteiger partial charge in [0, 0.05) is 5.02 Å². The van der Waals surface area contributed by atoms with Gasteiger partial charge in [0.15, 0.2) is 0 Å². The minimum Gasteiger partial charge on any atom is -0.0843 e. The third-order valence-electron chi connectivity index (χ3n) is 1.12. The first kappa shape index (κ1) is 8.81. The summed E-state index contributed by atoms with van der Waals surface area (Å²) in [7, 11) is 0. The van der Waals surface area contributed by atoms with Crippen molar-refractivity contribution in [2.45, 2.75) is 2.83 Å². The summed E-state index contributed by atoms with van der Waals surface area (Å²) < 4.78 is 0.377. The molecule has 0 N–H and O–H groups in total. The van der Waals surface area contributed by atoms with Gasteiger partial charge >= 0.3 is 0 Å². The number of halogens is 3. The third kappa shape index (κ3) is 2.40. The van der Waals surface area contributed by atoms with E-state index in [1.165, 1.54) is 5.56 Å². The van der Waals surface area contributed by atoms with Gasteiger partial charge in [0.25, 0.3) is 0 Å². The Morgan fingerprint density at radius 1 is 1.30 bits per heavy atom. The molecule has 1 aromatic rings. The average molecular weight is 331 g/mol. The maximum Gasteiger partial charge on any atom is 0.0910 e. The Kier molecular flexibility index (Phi) is 3.46. The predicted molar refractivity (Wildman–Crippen MR) is 57.1 cm³/mol. The zero-order valence-electron chi connectivity index (χ0n) is 5.02. The molecule has 54 valence electrons. The van der Waals surface area contributed by atoms with Gasteiger partial charge in [-0.05, 0) is 17.7 Å². The van der Waals surface area contributed by atoms with Crippen LogP contribution in [0.4, 0.5) is 0 Å². The molecule has 0 fully saturated rings. The lowest BCUT2D eigenvalue weighted by molar-refractivity contribution is 1.44. The molecular formula is C7H5BrClI. The van der Waals surface area contributed by atoms with Crippen molar-refractivity contribution in [2.75, 3.05) is 0 Å². The monoisotopic (exact) mass is 330 g/mol. The second-order valence-corrected chi connectivity index (χ2v) is 6.16. The largest absolute Gasteiger partial charge is 0.0910 e. The van der Waals surface area contributed by atoms with Crippen LogP contribution in [0, 0.1) is 0 Å². The molecule has 0 heterocycles. The Balaban J connectivity index is 2.89. The molecule has 1 atom stereocenters. The first-order valence-electron chi connectivity index (χ1n) is 2.74. The van der Waals surface area contributed by atoms with Crippen molar-refractivity contribution in [3.8, 4) is 0 Å². The van der Waals surface area contributed by atoms with E-state index in [0.29, 0.717) is 2.83 Å². The van der Waals surface area contributed by atoms with Crippen LogP contribution < -0.4 is 0 Å². The first-order valence-corrected chi connectivity index (χ1v) is 5.27. The van der Waals surface area contributed by atoms with E-state index in [4.69, 9.17) is 11.6 Å². The van der Waals surface area contributed by atoms with Gasteiger partial charge in [-0.3, -0.25) is 0 Å². The van der Waals surface area contributed by atoms with Gasteiger partial charge in [-0.2, -0.15) is 0 Å². The first-order chi connectivity index (χ1) is 4.70. The van der Waals surface area contributed by atoms with Gasteiger partial charge in [-0.1, -0.05) is 62.3 Å². The Labute approximate surface area is 87.2 Å². The molecule has 0 aliphatic carbocycles. The molecule has 1 unspecified atom stereocenters. The molecule has 0 nitrogen and oxygen atoms in total. The van der Waals surface area contributed by atoms with Crippen LogP contribution in [-0.2, 0) is 0 Å². The summed E-state index contributed by atoms with van der Waals surface area (Å²) in [5.74, 6) is 0. The zero-order chi connectivity index (χ0) is 7.56. The van der Waals surface area contributed by atoms with E-state index in [1.54, 1.807) is 0 Å². The van der Waals surface area contributed by atoms with E-state index in [9.17, 15) is 0 Å². The molecule has 0 radical (unpaired) electrons. The highest BCUT2D eigenvalue weighted by Gasteiger charge is 1.99. The van der Waals surface area contributed by atoms with Crippen LogP contribution in [0.5, 0.6) is 0 Å². The van der Waals surface area contributed by atoms with Crippen molar-refractivity contribution in [2.24, 2.45) is 0 Å². The quantitative estimate of drug-likeness (QED) is 0.535. The number of alkyl halides is 2. The second-order valence-electron chi connectivity index (χ2n) is 1.85. The lowest BCUT2D eigenvalue weighted by Gasteiger charge is -1.99. The Morgan fingerprint density at radius 2 is 1.80 bits per heavy atom.